The normalized spacial score (nSPS) is 11.6. The van der Waals surface area contributed by atoms with E-state index in [0.29, 0.717) is 13.1 Å². The molecule has 0 radical (unpaired) electrons. The zero-order valence-corrected chi connectivity index (χ0v) is 16.9. The van der Waals surface area contributed by atoms with Crippen LogP contribution in [0.1, 0.15) is 33.6 Å². The van der Waals surface area contributed by atoms with Gasteiger partial charge in [0, 0.05) is 23.2 Å². The molecule has 2 N–H and O–H groups in total. The number of aliphatic imine (C=N–C) groups is 1. The number of aryl methyl sites for hydroxylation is 2. The molecule has 3 rings (SSSR count). The minimum absolute atomic E-state index is 0.583. The van der Waals surface area contributed by atoms with Crippen molar-refractivity contribution in [1.82, 2.24) is 25.4 Å². The van der Waals surface area contributed by atoms with Gasteiger partial charge >= 0.3 is 0 Å². The number of thiazole rings is 1. The minimum atomic E-state index is 0.583. The molecule has 6 nitrogen and oxygen atoms in total. The molecule has 0 spiro atoms. The van der Waals surface area contributed by atoms with Crippen LogP contribution in [-0.4, -0.2) is 27.3 Å². The number of rotatable bonds is 7. The van der Waals surface area contributed by atoms with E-state index in [0.717, 1.165) is 35.3 Å². The van der Waals surface area contributed by atoms with Crippen LogP contribution in [0.25, 0.3) is 0 Å². The van der Waals surface area contributed by atoms with E-state index in [4.69, 9.17) is 0 Å². The summed E-state index contributed by atoms with van der Waals surface area (Å²) >= 11 is 1.72. The molecule has 0 unspecified atom stereocenters. The fourth-order valence-corrected chi connectivity index (χ4v) is 3.50. The standard InChI is InChI=1S/C20H26N6S/c1-4-21-20(23-12-19-25-15(2)16(3)27-19)22-10-18-11-24-26(14-18)13-17-8-6-5-7-9-17/h5-9,11,14H,4,10,12-13H2,1-3H3,(H2,21,22,23). The lowest BCUT2D eigenvalue weighted by molar-refractivity contribution is 0.686. The summed E-state index contributed by atoms with van der Waals surface area (Å²) in [6.07, 6.45) is 3.93. The van der Waals surface area contributed by atoms with Gasteiger partial charge in [-0.05, 0) is 26.3 Å². The molecule has 0 bridgehead atoms. The van der Waals surface area contributed by atoms with E-state index < -0.39 is 0 Å². The Bertz CT molecular complexity index is 862. The van der Waals surface area contributed by atoms with Crippen LogP contribution in [0.5, 0.6) is 0 Å². The predicted molar refractivity (Wildman–Crippen MR) is 111 cm³/mol. The van der Waals surface area contributed by atoms with Crippen LogP contribution in [-0.2, 0) is 19.6 Å². The lowest BCUT2D eigenvalue weighted by Gasteiger charge is -2.09. The fourth-order valence-electron chi connectivity index (χ4n) is 2.63. The predicted octanol–water partition coefficient (Wildman–Crippen LogP) is 3.26. The van der Waals surface area contributed by atoms with Crippen molar-refractivity contribution < 1.29 is 0 Å². The molecule has 2 aromatic heterocycles. The number of hydrogen-bond donors (Lipinski definition) is 2. The zero-order valence-electron chi connectivity index (χ0n) is 16.1. The zero-order chi connectivity index (χ0) is 19.1. The lowest BCUT2D eigenvalue weighted by atomic mass is 10.2. The molecule has 1 aromatic carbocycles. The first-order valence-electron chi connectivity index (χ1n) is 9.14. The summed E-state index contributed by atoms with van der Waals surface area (Å²) in [5, 5.41) is 12.1. The molecule has 0 aliphatic rings. The maximum atomic E-state index is 4.67. The molecule has 0 amide bonds. The van der Waals surface area contributed by atoms with Crippen molar-refractivity contribution >= 4 is 17.3 Å². The Morgan fingerprint density at radius 1 is 1.15 bits per heavy atom. The summed E-state index contributed by atoms with van der Waals surface area (Å²) in [7, 11) is 0. The Labute approximate surface area is 164 Å². The van der Waals surface area contributed by atoms with Crippen molar-refractivity contribution in [2.75, 3.05) is 6.54 Å². The Hall–Kier alpha value is -2.67. The van der Waals surface area contributed by atoms with Crippen LogP contribution in [0.15, 0.2) is 47.7 Å². The van der Waals surface area contributed by atoms with Crippen molar-refractivity contribution in [3.63, 3.8) is 0 Å². The summed E-state index contributed by atoms with van der Waals surface area (Å²) in [4.78, 5) is 10.5. The first kappa shape index (κ1) is 19.1. The van der Waals surface area contributed by atoms with E-state index in [9.17, 15) is 0 Å². The highest BCUT2D eigenvalue weighted by atomic mass is 32.1. The summed E-state index contributed by atoms with van der Waals surface area (Å²) in [5.41, 5.74) is 3.42. The average Bonchev–Trinajstić information content (AvgIpc) is 3.24. The van der Waals surface area contributed by atoms with Gasteiger partial charge < -0.3 is 10.6 Å². The van der Waals surface area contributed by atoms with Gasteiger partial charge in [-0.1, -0.05) is 30.3 Å². The Morgan fingerprint density at radius 2 is 1.96 bits per heavy atom. The quantitative estimate of drug-likeness (QED) is 0.486. The van der Waals surface area contributed by atoms with Gasteiger partial charge in [-0.3, -0.25) is 4.68 Å². The Kier molecular flexibility index (Phi) is 6.59. The molecule has 0 saturated carbocycles. The van der Waals surface area contributed by atoms with Crippen molar-refractivity contribution in [2.45, 2.75) is 40.4 Å². The molecule has 0 fully saturated rings. The third kappa shape index (κ3) is 5.65. The van der Waals surface area contributed by atoms with Gasteiger partial charge in [0.2, 0.25) is 0 Å². The van der Waals surface area contributed by atoms with Gasteiger partial charge in [0.15, 0.2) is 5.96 Å². The largest absolute Gasteiger partial charge is 0.357 e. The van der Waals surface area contributed by atoms with Crippen LogP contribution < -0.4 is 10.6 Å². The molecule has 0 atom stereocenters. The van der Waals surface area contributed by atoms with E-state index in [1.165, 1.54) is 10.4 Å². The number of hydrogen-bond acceptors (Lipinski definition) is 4. The van der Waals surface area contributed by atoms with Crippen LogP contribution >= 0.6 is 11.3 Å². The van der Waals surface area contributed by atoms with E-state index in [2.05, 4.69) is 51.7 Å². The van der Waals surface area contributed by atoms with Crippen LogP contribution in [0, 0.1) is 13.8 Å². The number of nitrogens with zero attached hydrogens (tertiary/aromatic N) is 4. The maximum Gasteiger partial charge on any atom is 0.191 e. The molecule has 2 heterocycles. The van der Waals surface area contributed by atoms with Crippen molar-refractivity contribution in [1.29, 1.82) is 0 Å². The summed E-state index contributed by atoms with van der Waals surface area (Å²) in [5.74, 6) is 0.791. The molecular formula is C20H26N6S. The first-order valence-corrected chi connectivity index (χ1v) is 9.96. The van der Waals surface area contributed by atoms with Gasteiger partial charge in [-0.25, -0.2) is 9.98 Å². The fraction of sp³-hybridized carbons (Fsp3) is 0.350. The number of benzene rings is 1. The van der Waals surface area contributed by atoms with E-state index in [1.54, 1.807) is 11.3 Å². The molecule has 0 aliphatic carbocycles. The molecule has 0 saturated heterocycles. The van der Waals surface area contributed by atoms with E-state index >= 15 is 0 Å². The Morgan fingerprint density at radius 3 is 2.67 bits per heavy atom. The Balaban J connectivity index is 1.57. The van der Waals surface area contributed by atoms with Crippen LogP contribution in [0.3, 0.4) is 0 Å². The third-order valence-electron chi connectivity index (χ3n) is 4.12. The van der Waals surface area contributed by atoms with Gasteiger partial charge in [-0.2, -0.15) is 5.10 Å². The van der Waals surface area contributed by atoms with E-state index in [-0.39, 0.29) is 0 Å². The number of nitrogens with one attached hydrogen (secondary N) is 2. The molecule has 0 aliphatic heterocycles. The molecule has 27 heavy (non-hydrogen) atoms. The first-order chi connectivity index (χ1) is 13.1. The SMILES string of the molecule is CCNC(=NCc1cnn(Cc2ccccc2)c1)NCc1nc(C)c(C)s1. The van der Waals surface area contributed by atoms with Crippen LogP contribution in [0.2, 0.25) is 0 Å². The lowest BCUT2D eigenvalue weighted by Crippen LogP contribution is -2.36. The van der Waals surface area contributed by atoms with Crippen molar-refractivity contribution in [2.24, 2.45) is 4.99 Å². The van der Waals surface area contributed by atoms with Crippen LogP contribution in [0.4, 0.5) is 0 Å². The second kappa shape index (κ2) is 9.32. The minimum Gasteiger partial charge on any atom is -0.357 e. The third-order valence-corrected chi connectivity index (χ3v) is 5.19. The summed E-state index contributed by atoms with van der Waals surface area (Å²) < 4.78 is 1.95. The van der Waals surface area contributed by atoms with Gasteiger partial charge in [-0.15, -0.1) is 11.3 Å². The topological polar surface area (TPSA) is 67.1 Å². The average molecular weight is 383 g/mol. The van der Waals surface area contributed by atoms with E-state index in [1.807, 2.05) is 42.2 Å². The number of aromatic nitrogens is 3. The smallest absolute Gasteiger partial charge is 0.191 e. The number of guanidine groups is 1. The van der Waals surface area contributed by atoms with Gasteiger partial charge in [0.1, 0.15) is 5.01 Å². The second-order valence-corrected chi connectivity index (χ2v) is 7.62. The highest BCUT2D eigenvalue weighted by Crippen LogP contribution is 2.15. The maximum absolute atomic E-state index is 4.67. The van der Waals surface area contributed by atoms with Crippen molar-refractivity contribution in [3.05, 3.63) is 69.4 Å². The van der Waals surface area contributed by atoms with Crippen molar-refractivity contribution in [3.8, 4) is 0 Å². The second-order valence-electron chi connectivity index (χ2n) is 6.33. The molecular weight excluding hydrogens is 356 g/mol. The highest BCUT2D eigenvalue weighted by molar-refractivity contribution is 7.11. The summed E-state index contributed by atoms with van der Waals surface area (Å²) in [6, 6.07) is 10.3. The summed E-state index contributed by atoms with van der Waals surface area (Å²) in [6.45, 7) is 9.05. The molecule has 7 heteroatoms. The van der Waals surface area contributed by atoms with Gasteiger partial charge in [0.05, 0.1) is 31.5 Å². The highest BCUT2D eigenvalue weighted by Gasteiger charge is 2.05. The molecule has 142 valence electrons. The monoisotopic (exact) mass is 382 g/mol. The molecule has 3 aromatic rings. The van der Waals surface area contributed by atoms with Gasteiger partial charge in [0.25, 0.3) is 0 Å².